The number of halogens is 3. The molecule has 8 nitrogen and oxygen atoms in total. The summed E-state index contributed by atoms with van der Waals surface area (Å²) >= 11 is 0. The van der Waals surface area contributed by atoms with Crippen LogP contribution in [0.15, 0.2) is 55.0 Å². The molecule has 1 unspecified atom stereocenters. The molecule has 2 heterocycles. The quantitative estimate of drug-likeness (QED) is 0.595. The lowest BCUT2D eigenvalue weighted by atomic mass is 9.99. The summed E-state index contributed by atoms with van der Waals surface area (Å²) in [6.07, 6.45) is -0.110. The Morgan fingerprint density at radius 1 is 1.03 bits per heavy atom. The molecule has 0 aliphatic heterocycles. The third kappa shape index (κ3) is 7.27. The summed E-state index contributed by atoms with van der Waals surface area (Å²) in [7, 11) is 1.62. The van der Waals surface area contributed by atoms with Gasteiger partial charge in [0.25, 0.3) is 5.91 Å². The van der Waals surface area contributed by atoms with Crippen LogP contribution in [0.25, 0.3) is 0 Å². The molecule has 2 N–H and O–H groups in total. The maximum atomic E-state index is 12.8. The summed E-state index contributed by atoms with van der Waals surface area (Å²) in [5, 5.41) is 10.2. The van der Waals surface area contributed by atoms with Gasteiger partial charge in [0.05, 0.1) is 24.4 Å². The number of hydrogen-bond donors (Lipinski definition) is 2. The first-order chi connectivity index (χ1) is 15.5. The minimum absolute atomic E-state index is 0.222. The van der Waals surface area contributed by atoms with Gasteiger partial charge in [0.1, 0.15) is 11.6 Å². The Morgan fingerprint density at radius 2 is 1.58 bits per heavy atom. The predicted octanol–water partition coefficient (Wildman–Crippen LogP) is 3.65. The molecule has 0 bridgehead atoms. The van der Waals surface area contributed by atoms with Crippen molar-refractivity contribution in [2.24, 2.45) is 0 Å². The molecule has 0 aliphatic carbocycles. The van der Waals surface area contributed by atoms with E-state index < -0.39 is 12.1 Å². The van der Waals surface area contributed by atoms with Crippen molar-refractivity contribution >= 4 is 11.9 Å². The van der Waals surface area contributed by atoms with Crippen molar-refractivity contribution in [1.82, 2.24) is 20.3 Å². The van der Waals surface area contributed by atoms with Crippen molar-refractivity contribution in [2.45, 2.75) is 26.1 Å². The standard InChI is InChI=1S/C20H20N4O2.C2HF3O2/c1-13-18(12-22-14(2)23-13)20(25)24-19(16-8-10-21-11-9-16)15-4-6-17(26-3)7-5-15;3-2(4,5)1(6)7/h4-12,19H,1-3H3,(H,24,25);(H,6,7). The van der Waals surface area contributed by atoms with Gasteiger partial charge in [-0.3, -0.25) is 9.78 Å². The number of alkyl halides is 3. The molecule has 174 valence electrons. The van der Waals surface area contributed by atoms with E-state index in [1.165, 1.54) is 0 Å². The fraction of sp³-hybridized carbons (Fsp3) is 0.227. The number of carbonyl (C=O) groups is 2. The zero-order valence-electron chi connectivity index (χ0n) is 17.9. The van der Waals surface area contributed by atoms with Crippen LogP contribution in [0, 0.1) is 13.8 Å². The normalized spacial score (nSPS) is 11.6. The number of aliphatic carboxylic acids is 1. The first-order valence-electron chi connectivity index (χ1n) is 9.48. The molecule has 0 spiro atoms. The molecular formula is C22H21F3N4O4. The van der Waals surface area contributed by atoms with E-state index in [1.54, 1.807) is 39.5 Å². The van der Waals surface area contributed by atoms with Crippen molar-refractivity contribution < 1.29 is 32.6 Å². The Bertz CT molecular complexity index is 1090. The SMILES string of the molecule is COc1ccc(C(NC(=O)c2cnc(C)nc2C)c2ccncc2)cc1.O=C(O)C(F)(F)F. The second kappa shape index (κ2) is 11.0. The third-order valence-corrected chi connectivity index (χ3v) is 4.35. The van der Waals surface area contributed by atoms with E-state index in [1.807, 2.05) is 36.4 Å². The van der Waals surface area contributed by atoms with E-state index in [2.05, 4.69) is 20.3 Å². The number of carboxylic acids is 1. The Labute approximate surface area is 187 Å². The number of aryl methyl sites for hydroxylation is 2. The number of nitrogens with zero attached hydrogens (tertiary/aromatic N) is 3. The molecule has 0 radical (unpaired) electrons. The molecule has 2 aromatic heterocycles. The Morgan fingerprint density at radius 3 is 2.06 bits per heavy atom. The smallest absolute Gasteiger partial charge is 0.490 e. The lowest BCUT2D eigenvalue weighted by Gasteiger charge is -2.20. The van der Waals surface area contributed by atoms with Gasteiger partial charge in [0.2, 0.25) is 0 Å². The number of carbonyl (C=O) groups excluding carboxylic acids is 1. The number of aromatic nitrogens is 3. The van der Waals surface area contributed by atoms with Crippen molar-refractivity contribution in [2.75, 3.05) is 7.11 Å². The van der Waals surface area contributed by atoms with Gasteiger partial charge in [-0.05, 0) is 49.2 Å². The van der Waals surface area contributed by atoms with E-state index in [4.69, 9.17) is 14.6 Å². The second-order valence-corrected chi connectivity index (χ2v) is 6.68. The summed E-state index contributed by atoms with van der Waals surface area (Å²) in [6.45, 7) is 3.60. The highest BCUT2D eigenvalue weighted by Gasteiger charge is 2.38. The number of hydrogen-bond acceptors (Lipinski definition) is 6. The van der Waals surface area contributed by atoms with Gasteiger partial charge in [0.15, 0.2) is 0 Å². The molecule has 3 rings (SSSR count). The number of ether oxygens (including phenoxy) is 1. The van der Waals surface area contributed by atoms with Crippen LogP contribution in [-0.4, -0.2) is 45.2 Å². The van der Waals surface area contributed by atoms with Gasteiger partial charge >= 0.3 is 12.1 Å². The molecule has 0 fully saturated rings. The molecule has 1 aromatic carbocycles. The van der Waals surface area contributed by atoms with Gasteiger partial charge in [-0.1, -0.05) is 12.1 Å². The third-order valence-electron chi connectivity index (χ3n) is 4.35. The van der Waals surface area contributed by atoms with Crippen molar-refractivity contribution in [3.8, 4) is 5.75 Å². The molecule has 1 amide bonds. The Kier molecular flexibility index (Phi) is 8.43. The Hall–Kier alpha value is -4.02. The zero-order valence-corrected chi connectivity index (χ0v) is 17.9. The maximum Gasteiger partial charge on any atom is 0.490 e. The van der Waals surface area contributed by atoms with Crippen LogP contribution in [0.3, 0.4) is 0 Å². The van der Waals surface area contributed by atoms with Crippen LogP contribution in [0.4, 0.5) is 13.2 Å². The molecule has 11 heteroatoms. The fourth-order valence-electron chi connectivity index (χ4n) is 2.73. The lowest BCUT2D eigenvalue weighted by molar-refractivity contribution is -0.192. The van der Waals surface area contributed by atoms with E-state index in [-0.39, 0.29) is 11.9 Å². The van der Waals surface area contributed by atoms with Crippen LogP contribution in [0.5, 0.6) is 5.75 Å². The van der Waals surface area contributed by atoms with Gasteiger partial charge < -0.3 is 15.2 Å². The average molecular weight is 462 g/mol. The van der Waals surface area contributed by atoms with E-state index in [0.29, 0.717) is 17.1 Å². The molecule has 3 aromatic rings. The van der Waals surface area contributed by atoms with Crippen molar-refractivity contribution in [3.63, 3.8) is 0 Å². The highest BCUT2D eigenvalue weighted by Crippen LogP contribution is 2.24. The number of benzene rings is 1. The summed E-state index contributed by atoms with van der Waals surface area (Å²) < 4.78 is 37.0. The maximum absolute atomic E-state index is 12.8. The molecule has 0 saturated heterocycles. The topological polar surface area (TPSA) is 114 Å². The van der Waals surface area contributed by atoms with Gasteiger partial charge in [-0.2, -0.15) is 13.2 Å². The number of nitrogens with one attached hydrogen (secondary N) is 1. The largest absolute Gasteiger partial charge is 0.497 e. The molecular weight excluding hydrogens is 441 g/mol. The molecule has 33 heavy (non-hydrogen) atoms. The van der Waals surface area contributed by atoms with E-state index in [9.17, 15) is 18.0 Å². The van der Waals surface area contributed by atoms with Crippen LogP contribution in [0.1, 0.15) is 39.0 Å². The first kappa shape index (κ1) is 25.2. The van der Waals surface area contributed by atoms with Gasteiger partial charge in [-0.25, -0.2) is 14.8 Å². The van der Waals surface area contributed by atoms with Crippen LogP contribution >= 0.6 is 0 Å². The molecule has 1 atom stereocenters. The van der Waals surface area contributed by atoms with E-state index in [0.717, 1.165) is 16.9 Å². The number of carboxylic acid groups (broad SMARTS) is 1. The van der Waals surface area contributed by atoms with Gasteiger partial charge in [0, 0.05) is 18.6 Å². The molecule has 0 saturated carbocycles. The van der Waals surface area contributed by atoms with Crippen molar-refractivity contribution in [3.05, 3.63) is 83.2 Å². The average Bonchev–Trinajstić information content (AvgIpc) is 2.78. The first-order valence-corrected chi connectivity index (χ1v) is 9.48. The number of methoxy groups -OCH3 is 1. The highest BCUT2D eigenvalue weighted by atomic mass is 19.4. The van der Waals surface area contributed by atoms with Crippen molar-refractivity contribution in [1.29, 1.82) is 0 Å². The number of pyridine rings is 1. The summed E-state index contributed by atoms with van der Waals surface area (Å²) in [4.78, 5) is 34.2. The second-order valence-electron chi connectivity index (χ2n) is 6.68. The highest BCUT2D eigenvalue weighted by molar-refractivity contribution is 5.95. The number of amides is 1. The fourth-order valence-corrected chi connectivity index (χ4v) is 2.73. The number of rotatable bonds is 5. The molecule has 0 aliphatic rings. The van der Waals surface area contributed by atoms with E-state index >= 15 is 0 Å². The van der Waals surface area contributed by atoms with Crippen LogP contribution < -0.4 is 10.1 Å². The Balaban J connectivity index is 0.000000479. The summed E-state index contributed by atoms with van der Waals surface area (Å²) in [6, 6.07) is 11.1. The minimum atomic E-state index is -5.08. The van der Waals surface area contributed by atoms with Crippen LogP contribution in [0.2, 0.25) is 0 Å². The summed E-state index contributed by atoms with van der Waals surface area (Å²) in [5.41, 5.74) is 2.99. The monoisotopic (exact) mass is 462 g/mol. The van der Waals surface area contributed by atoms with Crippen LogP contribution in [-0.2, 0) is 4.79 Å². The van der Waals surface area contributed by atoms with Gasteiger partial charge in [-0.15, -0.1) is 0 Å². The minimum Gasteiger partial charge on any atom is -0.497 e. The predicted molar refractivity (Wildman–Crippen MR) is 112 cm³/mol. The lowest BCUT2D eigenvalue weighted by Crippen LogP contribution is -2.30. The summed E-state index contributed by atoms with van der Waals surface area (Å²) in [5.74, 6) is -1.58. The zero-order chi connectivity index (χ0) is 24.6.